The third kappa shape index (κ3) is 8.35. The molecule has 30 heavy (non-hydrogen) atoms. The van der Waals surface area contributed by atoms with Crippen LogP contribution >= 0.6 is 0 Å². The van der Waals surface area contributed by atoms with Gasteiger partial charge in [0.1, 0.15) is 0 Å². The molecule has 0 bridgehead atoms. The van der Waals surface area contributed by atoms with Crippen LogP contribution in [0.3, 0.4) is 0 Å². The molecule has 0 aromatic heterocycles. The molecule has 174 valence electrons. The third-order valence-electron chi connectivity index (χ3n) is 6.75. The Morgan fingerprint density at radius 1 is 1.07 bits per heavy atom. The SMILES string of the molecule is CCNC(=NCCCCN1CCCC(C)C1)N1CCC(OCC2CCCCO2)CC1. The van der Waals surface area contributed by atoms with Crippen molar-refractivity contribution in [1.29, 1.82) is 0 Å². The summed E-state index contributed by atoms with van der Waals surface area (Å²) in [6.07, 6.45) is 11.7. The fraction of sp³-hybridized carbons (Fsp3) is 0.958. The first-order valence-electron chi connectivity index (χ1n) is 12.7. The van der Waals surface area contributed by atoms with Crippen molar-refractivity contribution in [2.24, 2.45) is 10.9 Å². The van der Waals surface area contributed by atoms with Crippen LogP contribution in [0.15, 0.2) is 4.99 Å². The van der Waals surface area contributed by atoms with Crippen molar-refractivity contribution in [3.63, 3.8) is 0 Å². The number of guanidine groups is 1. The minimum absolute atomic E-state index is 0.323. The Bertz CT molecular complexity index is 488. The zero-order valence-electron chi connectivity index (χ0n) is 19.6. The van der Waals surface area contributed by atoms with Crippen molar-refractivity contribution < 1.29 is 9.47 Å². The van der Waals surface area contributed by atoms with E-state index in [2.05, 4.69) is 29.0 Å². The van der Waals surface area contributed by atoms with Crippen LogP contribution in [-0.2, 0) is 9.47 Å². The lowest BCUT2D eigenvalue weighted by Gasteiger charge is -2.35. The summed E-state index contributed by atoms with van der Waals surface area (Å²) in [6, 6.07) is 0. The summed E-state index contributed by atoms with van der Waals surface area (Å²) >= 11 is 0. The summed E-state index contributed by atoms with van der Waals surface area (Å²) in [5.74, 6) is 1.97. The lowest BCUT2D eigenvalue weighted by molar-refractivity contribution is -0.0721. The van der Waals surface area contributed by atoms with Crippen molar-refractivity contribution in [2.75, 3.05) is 59.0 Å². The van der Waals surface area contributed by atoms with Gasteiger partial charge in [-0.3, -0.25) is 4.99 Å². The average molecular weight is 423 g/mol. The van der Waals surface area contributed by atoms with Crippen LogP contribution in [-0.4, -0.2) is 87.0 Å². The van der Waals surface area contributed by atoms with E-state index in [-0.39, 0.29) is 0 Å². The summed E-state index contributed by atoms with van der Waals surface area (Å²) in [4.78, 5) is 10.00. The molecule has 6 nitrogen and oxygen atoms in total. The van der Waals surface area contributed by atoms with Gasteiger partial charge in [-0.25, -0.2) is 0 Å². The van der Waals surface area contributed by atoms with Crippen molar-refractivity contribution in [3.8, 4) is 0 Å². The zero-order valence-corrected chi connectivity index (χ0v) is 19.6. The smallest absolute Gasteiger partial charge is 0.193 e. The summed E-state index contributed by atoms with van der Waals surface area (Å²) in [5.41, 5.74) is 0. The molecular weight excluding hydrogens is 376 g/mol. The van der Waals surface area contributed by atoms with Crippen LogP contribution in [0, 0.1) is 5.92 Å². The van der Waals surface area contributed by atoms with Gasteiger partial charge in [0, 0.05) is 39.3 Å². The maximum absolute atomic E-state index is 6.17. The first kappa shape index (κ1) is 23.8. The predicted octanol–water partition coefficient (Wildman–Crippen LogP) is 3.51. The van der Waals surface area contributed by atoms with E-state index in [0.29, 0.717) is 12.2 Å². The lowest BCUT2D eigenvalue weighted by Crippen LogP contribution is -2.47. The molecule has 6 heteroatoms. The highest BCUT2D eigenvalue weighted by Gasteiger charge is 2.23. The maximum atomic E-state index is 6.17. The Kier molecular flexibility index (Phi) is 10.7. The van der Waals surface area contributed by atoms with E-state index in [9.17, 15) is 0 Å². The topological polar surface area (TPSA) is 49.3 Å². The van der Waals surface area contributed by atoms with Gasteiger partial charge in [0.15, 0.2) is 5.96 Å². The minimum Gasteiger partial charge on any atom is -0.376 e. The number of hydrogen-bond donors (Lipinski definition) is 1. The van der Waals surface area contributed by atoms with Gasteiger partial charge >= 0.3 is 0 Å². The van der Waals surface area contributed by atoms with E-state index in [1.807, 2.05) is 0 Å². The molecule has 0 saturated carbocycles. The maximum Gasteiger partial charge on any atom is 0.193 e. The number of likely N-dealkylation sites (tertiary alicyclic amines) is 2. The van der Waals surface area contributed by atoms with E-state index in [0.717, 1.165) is 70.5 Å². The highest BCUT2D eigenvalue weighted by molar-refractivity contribution is 5.80. The lowest BCUT2D eigenvalue weighted by atomic mass is 10.0. The molecule has 3 fully saturated rings. The Balaban J connectivity index is 1.31. The van der Waals surface area contributed by atoms with E-state index in [4.69, 9.17) is 14.5 Å². The molecule has 0 aromatic rings. The van der Waals surface area contributed by atoms with E-state index >= 15 is 0 Å². The second-order valence-corrected chi connectivity index (χ2v) is 9.50. The van der Waals surface area contributed by atoms with E-state index in [1.54, 1.807) is 0 Å². The summed E-state index contributed by atoms with van der Waals surface area (Å²) < 4.78 is 12.0. The van der Waals surface area contributed by atoms with E-state index in [1.165, 1.54) is 58.2 Å². The first-order valence-corrected chi connectivity index (χ1v) is 12.7. The molecule has 2 unspecified atom stereocenters. The largest absolute Gasteiger partial charge is 0.376 e. The molecule has 2 atom stereocenters. The number of unbranched alkanes of at least 4 members (excludes halogenated alkanes) is 1. The number of ether oxygens (including phenoxy) is 2. The number of hydrogen-bond acceptors (Lipinski definition) is 4. The summed E-state index contributed by atoms with van der Waals surface area (Å²) in [6.45, 7) is 14.0. The van der Waals surface area contributed by atoms with Gasteiger partial charge in [0.05, 0.1) is 18.8 Å². The number of nitrogens with zero attached hydrogens (tertiary/aromatic N) is 3. The number of piperidine rings is 2. The molecule has 0 aromatic carbocycles. The second-order valence-electron chi connectivity index (χ2n) is 9.50. The molecule has 0 radical (unpaired) electrons. The Hall–Kier alpha value is -0.850. The van der Waals surface area contributed by atoms with Crippen LogP contribution in [0.25, 0.3) is 0 Å². The van der Waals surface area contributed by atoms with Crippen LogP contribution in [0.5, 0.6) is 0 Å². The van der Waals surface area contributed by atoms with Gasteiger partial charge in [0.2, 0.25) is 0 Å². The highest BCUT2D eigenvalue weighted by atomic mass is 16.5. The normalized spacial score (nSPS) is 27.4. The molecule has 1 N–H and O–H groups in total. The molecular formula is C24H46N4O2. The summed E-state index contributed by atoms with van der Waals surface area (Å²) in [7, 11) is 0. The molecule has 3 rings (SSSR count). The molecule has 3 aliphatic heterocycles. The summed E-state index contributed by atoms with van der Waals surface area (Å²) in [5, 5.41) is 3.50. The minimum atomic E-state index is 0.323. The van der Waals surface area contributed by atoms with Gasteiger partial charge in [-0.15, -0.1) is 0 Å². The van der Waals surface area contributed by atoms with Crippen LogP contribution in [0.2, 0.25) is 0 Å². The van der Waals surface area contributed by atoms with Crippen LogP contribution in [0.1, 0.15) is 71.6 Å². The highest BCUT2D eigenvalue weighted by Crippen LogP contribution is 2.18. The Morgan fingerprint density at radius 2 is 1.93 bits per heavy atom. The van der Waals surface area contributed by atoms with Crippen molar-refractivity contribution in [3.05, 3.63) is 0 Å². The van der Waals surface area contributed by atoms with Gasteiger partial charge < -0.3 is 24.6 Å². The molecule has 3 saturated heterocycles. The number of rotatable bonds is 9. The van der Waals surface area contributed by atoms with Gasteiger partial charge in [-0.2, -0.15) is 0 Å². The van der Waals surface area contributed by atoms with E-state index < -0.39 is 0 Å². The molecule has 3 aliphatic rings. The van der Waals surface area contributed by atoms with Crippen molar-refractivity contribution in [2.45, 2.75) is 83.8 Å². The number of nitrogens with one attached hydrogen (secondary N) is 1. The van der Waals surface area contributed by atoms with Crippen LogP contribution in [0.4, 0.5) is 0 Å². The fourth-order valence-corrected chi connectivity index (χ4v) is 4.96. The van der Waals surface area contributed by atoms with Gasteiger partial charge in [-0.05, 0) is 83.7 Å². The second kappa shape index (κ2) is 13.5. The van der Waals surface area contributed by atoms with Crippen LogP contribution < -0.4 is 5.32 Å². The number of aliphatic imine (C=N–C) groups is 1. The first-order chi connectivity index (χ1) is 14.7. The molecule has 0 aliphatic carbocycles. The van der Waals surface area contributed by atoms with Gasteiger partial charge in [-0.1, -0.05) is 6.92 Å². The monoisotopic (exact) mass is 422 g/mol. The third-order valence-corrected chi connectivity index (χ3v) is 6.75. The van der Waals surface area contributed by atoms with Crippen molar-refractivity contribution in [1.82, 2.24) is 15.1 Å². The Labute approximate surface area is 184 Å². The zero-order chi connectivity index (χ0) is 21.0. The average Bonchev–Trinajstić information content (AvgIpc) is 2.78. The quantitative estimate of drug-likeness (QED) is 0.350. The van der Waals surface area contributed by atoms with Gasteiger partial charge in [0.25, 0.3) is 0 Å². The molecule has 3 heterocycles. The molecule has 0 spiro atoms. The Morgan fingerprint density at radius 3 is 2.67 bits per heavy atom. The standard InChI is InChI=1S/C24H46N4O2/c1-3-25-24(26-13-5-6-14-27-15-8-9-21(2)19-27)28-16-11-22(12-17-28)30-20-23-10-4-7-18-29-23/h21-23H,3-20H2,1-2H3,(H,25,26). The fourth-order valence-electron chi connectivity index (χ4n) is 4.96. The van der Waals surface area contributed by atoms with Crippen molar-refractivity contribution >= 4 is 5.96 Å². The predicted molar refractivity (Wildman–Crippen MR) is 124 cm³/mol. The molecule has 0 amide bonds.